The number of nitrogens with one attached hydrogen (secondary N) is 1. The van der Waals surface area contributed by atoms with Gasteiger partial charge in [0.25, 0.3) is 11.8 Å². The smallest absolute Gasteiger partial charge is 0.253 e. The fraction of sp³-hybridized carbons (Fsp3) is 0.286. The first-order valence-electron chi connectivity index (χ1n) is 9.11. The summed E-state index contributed by atoms with van der Waals surface area (Å²) in [5.74, 6) is -0.783. The minimum absolute atomic E-state index is 0.00641. The highest BCUT2D eigenvalue weighted by Gasteiger charge is 2.23. The third-order valence-corrected chi connectivity index (χ3v) is 4.75. The van der Waals surface area contributed by atoms with Crippen LogP contribution in [0.3, 0.4) is 0 Å². The van der Waals surface area contributed by atoms with Crippen molar-refractivity contribution in [2.24, 2.45) is 0 Å². The van der Waals surface area contributed by atoms with E-state index in [2.05, 4.69) is 5.32 Å². The van der Waals surface area contributed by atoms with Gasteiger partial charge in [-0.2, -0.15) is 0 Å². The van der Waals surface area contributed by atoms with Gasteiger partial charge < -0.3 is 15.1 Å². The number of rotatable bonds is 4. The van der Waals surface area contributed by atoms with Crippen LogP contribution in [0.1, 0.15) is 33.2 Å². The van der Waals surface area contributed by atoms with E-state index >= 15 is 0 Å². The van der Waals surface area contributed by atoms with Crippen molar-refractivity contribution in [2.45, 2.75) is 13.5 Å². The maximum atomic E-state index is 12.9. The maximum Gasteiger partial charge on any atom is 0.253 e. The Bertz CT molecular complexity index is 875. The van der Waals surface area contributed by atoms with Crippen molar-refractivity contribution in [1.29, 1.82) is 0 Å². The number of carbonyl (C=O) groups is 3. The number of halogens is 1. The first kappa shape index (κ1) is 19.5. The molecule has 1 aliphatic rings. The minimum atomic E-state index is -0.328. The van der Waals surface area contributed by atoms with Crippen molar-refractivity contribution >= 4 is 17.7 Å². The van der Waals surface area contributed by atoms with Gasteiger partial charge in [-0.3, -0.25) is 14.4 Å². The zero-order valence-corrected chi connectivity index (χ0v) is 15.7. The van der Waals surface area contributed by atoms with Gasteiger partial charge in [0.2, 0.25) is 5.91 Å². The van der Waals surface area contributed by atoms with E-state index < -0.39 is 0 Å². The van der Waals surface area contributed by atoms with E-state index in [1.807, 2.05) is 0 Å². The number of hydrogen-bond donors (Lipinski definition) is 1. The first-order chi connectivity index (χ1) is 13.4. The summed E-state index contributed by atoms with van der Waals surface area (Å²) in [4.78, 5) is 39.9. The highest BCUT2D eigenvalue weighted by molar-refractivity contribution is 5.99. The number of nitrogens with zero attached hydrogens (tertiary/aromatic N) is 2. The van der Waals surface area contributed by atoms with Gasteiger partial charge in [-0.15, -0.1) is 0 Å². The average molecular weight is 383 g/mol. The molecular weight excluding hydrogens is 361 g/mol. The molecule has 1 heterocycles. The van der Waals surface area contributed by atoms with Crippen LogP contribution >= 0.6 is 0 Å². The van der Waals surface area contributed by atoms with Crippen LogP contribution < -0.4 is 5.32 Å². The average Bonchev–Trinajstić information content (AvgIpc) is 2.72. The summed E-state index contributed by atoms with van der Waals surface area (Å²) in [5, 5.41) is 2.77. The second-order valence-electron chi connectivity index (χ2n) is 6.69. The van der Waals surface area contributed by atoms with Crippen molar-refractivity contribution in [2.75, 3.05) is 26.2 Å². The van der Waals surface area contributed by atoms with E-state index in [1.165, 1.54) is 19.1 Å². The van der Waals surface area contributed by atoms with Crippen molar-refractivity contribution in [3.05, 3.63) is 71.0 Å². The quantitative estimate of drug-likeness (QED) is 0.879. The summed E-state index contributed by atoms with van der Waals surface area (Å²) < 4.78 is 12.9. The molecule has 3 rings (SSSR count). The SMILES string of the molecule is CC(=O)N1CCN(C(=O)c2cccc(C(=O)NCc3ccc(F)cc3)c2)CC1. The predicted octanol–water partition coefficient (Wildman–Crippen LogP) is 2.06. The molecule has 1 N–H and O–H groups in total. The van der Waals surface area contributed by atoms with Crippen LogP contribution in [0.25, 0.3) is 0 Å². The maximum absolute atomic E-state index is 12.9. The number of hydrogen-bond acceptors (Lipinski definition) is 3. The Morgan fingerprint density at radius 3 is 2.18 bits per heavy atom. The van der Waals surface area contributed by atoms with E-state index in [9.17, 15) is 18.8 Å². The third-order valence-electron chi connectivity index (χ3n) is 4.75. The Balaban J connectivity index is 1.61. The highest BCUT2D eigenvalue weighted by atomic mass is 19.1. The monoisotopic (exact) mass is 383 g/mol. The van der Waals surface area contributed by atoms with Crippen LogP contribution in [0.2, 0.25) is 0 Å². The molecule has 6 nitrogen and oxygen atoms in total. The summed E-state index contributed by atoms with van der Waals surface area (Å²) in [6.45, 7) is 3.76. The van der Waals surface area contributed by atoms with Crippen LogP contribution in [0.4, 0.5) is 4.39 Å². The predicted molar refractivity (Wildman–Crippen MR) is 102 cm³/mol. The molecule has 1 fully saturated rings. The molecule has 0 aliphatic carbocycles. The molecule has 0 atom stereocenters. The number of carbonyl (C=O) groups excluding carboxylic acids is 3. The molecule has 0 radical (unpaired) electrons. The summed E-state index contributed by atoms with van der Waals surface area (Å²) in [5.41, 5.74) is 1.60. The van der Waals surface area contributed by atoms with Crippen molar-refractivity contribution < 1.29 is 18.8 Å². The van der Waals surface area contributed by atoms with Gasteiger partial charge in [-0.25, -0.2) is 4.39 Å². The molecule has 0 saturated carbocycles. The summed E-state index contributed by atoms with van der Waals surface area (Å²) >= 11 is 0. The van der Waals surface area contributed by atoms with E-state index in [0.717, 1.165) is 5.56 Å². The third kappa shape index (κ3) is 4.73. The summed E-state index contributed by atoms with van der Waals surface area (Å²) in [6, 6.07) is 12.5. The van der Waals surface area contributed by atoms with Crippen molar-refractivity contribution in [1.82, 2.24) is 15.1 Å². The summed E-state index contributed by atoms with van der Waals surface area (Å²) in [7, 11) is 0. The molecule has 3 amide bonds. The lowest BCUT2D eigenvalue weighted by molar-refractivity contribution is -0.130. The van der Waals surface area contributed by atoms with Gasteiger partial charge >= 0.3 is 0 Å². The number of benzene rings is 2. The van der Waals surface area contributed by atoms with Crippen molar-refractivity contribution in [3.63, 3.8) is 0 Å². The van der Waals surface area contributed by atoms with Crippen molar-refractivity contribution in [3.8, 4) is 0 Å². The first-order valence-corrected chi connectivity index (χ1v) is 9.11. The lowest BCUT2D eigenvalue weighted by Crippen LogP contribution is -2.50. The molecule has 28 heavy (non-hydrogen) atoms. The fourth-order valence-electron chi connectivity index (χ4n) is 3.09. The Labute approximate surface area is 162 Å². The zero-order valence-electron chi connectivity index (χ0n) is 15.7. The fourth-order valence-corrected chi connectivity index (χ4v) is 3.09. The Morgan fingerprint density at radius 2 is 1.54 bits per heavy atom. The largest absolute Gasteiger partial charge is 0.348 e. The lowest BCUT2D eigenvalue weighted by Gasteiger charge is -2.34. The van der Waals surface area contributed by atoms with E-state index in [0.29, 0.717) is 37.3 Å². The van der Waals surface area contributed by atoms with E-state index in [-0.39, 0.29) is 30.1 Å². The molecule has 7 heteroatoms. The standard InChI is InChI=1S/C21H22FN3O3/c1-15(26)24-9-11-25(12-10-24)21(28)18-4-2-3-17(13-18)20(27)23-14-16-5-7-19(22)8-6-16/h2-8,13H,9-12,14H2,1H3,(H,23,27). The molecule has 0 aromatic heterocycles. The van der Waals surface area contributed by atoms with Crippen LogP contribution in [0.15, 0.2) is 48.5 Å². The minimum Gasteiger partial charge on any atom is -0.348 e. The molecular formula is C21H22FN3O3. The topological polar surface area (TPSA) is 69.7 Å². The van der Waals surface area contributed by atoms with Gasteiger partial charge in [0.05, 0.1) is 0 Å². The second kappa shape index (κ2) is 8.65. The number of piperazine rings is 1. The van der Waals surface area contributed by atoms with Gasteiger partial charge in [0.1, 0.15) is 5.82 Å². The van der Waals surface area contributed by atoms with Crippen LogP contribution in [0, 0.1) is 5.82 Å². The number of amides is 3. The summed E-state index contributed by atoms with van der Waals surface area (Å²) in [6.07, 6.45) is 0. The molecule has 0 spiro atoms. The normalized spacial score (nSPS) is 13.9. The van der Waals surface area contributed by atoms with Gasteiger partial charge in [-0.1, -0.05) is 18.2 Å². The van der Waals surface area contributed by atoms with E-state index in [4.69, 9.17) is 0 Å². The molecule has 1 aliphatic heterocycles. The van der Waals surface area contributed by atoms with Gasteiger partial charge in [-0.05, 0) is 35.9 Å². The van der Waals surface area contributed by atoms with Gasteiger partial charge in [0.15, 0.2) is 0 Å². The molecule has 1 saturated heterocycles. The molecule has 0 unspecified atom stereocenters. The van der Waals surface area contributed by atoms with Crippen LogP contribution in [0.5, 0.6) is 0 Å². The Morgan fingerprint density at radius 1 is 0.929 bits per heavy atom. The Kier molecular flexibility index (Phi) is 6.03. The van der Waals surface area contributed by atoms with Crippen LogP contribution in [-0.4, -0.2) is 53.7 Å². The lowest BCUT2D eigenvalue weighted by atomic mass is 10.1. The highest BCUT2D eigenvalue weighted by Crippen LogP contribution is 2.12. The Hall–Kier alpha value is -3.22. The van der Waals surface area contributed by atoms with E-state index in [1.54, 1.807) is 46.2 Å². The molecule has 2 aromatic rings. The molecule has 146 valence electrons. The second-order valence-corrected chi connectivity index (χ2v) is 6.69. The van der Waals surface area contributed by atoms with Gasteiger partial charge in [0, 0.05) is 50.8 Å². The van der Waals surface area contributed by atoms with Crippen LogP contribution in [-0.2, 0) is 11.3 Å². The molecule has 0 bridgehead atoms. The zero-order chi connectivity index (χ0) is 20.1. The molecule has 2 aromatic carbocycles.